The summed E-state index contributed by atoms with van der Waals surface area (Å²) >= 11 is 4.55. The van der Waals surface area contributed by atoms with Crippen LogP contribution in [0.2, 0.25) is 0 Å². The summed E-state index contributed by atoms with van der Waals surface area (Å²) in [5.74, 6) is 0. The van der Waals surface area contributed by atoms with Gasteiger partial charge in [-0.3, -0.25) is 0 Å². The van der Waals surface area contributed by atoms with Crippen LogP contribution in [0, 0.1) is 0 Å². The molecule has 0 aliphatic carbocycles. The Morgan fingerprint density at radius 3 is 2.61 bits per heavy atom. The predicted octanol–water partition coefficient (Wildman–Crippen LogP) is 2.38. The van der Waals surface area contributed by atoms with Crippen LogP contribution in [0.1, 0.15) is 5.56 Å². The average Bonchev–Trinajstić information content (AvgIpc) is 2.36. The number of aliphatic imine (C=N–C) groups is 1. The normalized spacial score (nSPS) is 11.0. The lowest BCUT2D eigenvalue weighted by Crippen LogP contribution is -2.44. The van der Waals surface area contributed by atoms with Gasteiger partial charge in [-0.1, -0.05) is 30.3 Å². The van der Waals surface area contributed by atoms with Gasteiger partial charge >= 0.3 is 0 Å². The van der Waals surface area contributed by atoms with E-state index in [1.54, 1.807) is 0 Å². The fourth-order valence-corrected chi connectivity index (χ4v) is 1.65. The summed E-state index contributed by atoms with van der Waals surface area (Å²) in [6.45, 7) is 4.09. The second kappa shape index (κ2) is 8.11. The van der Waals surface area contributed by atoms with Crippen LogP contribution in [0.3, 0.4) is 0 Å². The van der Waals surface area contributed by atoms with E-state index in [2.05, 4.69) is 48.6 Å². The van der Waals surface area contributed by atoms with Crippen molar-refractivity contribution >= 4 is 17.4 Å². The molecule has 4 heteroatoms. The minimum Gasteiger partial charge on any atom is -0.371 e. The highest BCUT2D eigenvalue weighted by atomic mass is 32.1. The molecule has 0 unspecified atom stereocenters. The second-order valence-electron chi connectivity index (χ2n) is 4.89. The topological polar surface area (TPSA) is 21.6 Å². The van der Waals surface area contributed by atoms with E-state index in [1.807, 2.05) is 18.2 Å². The van der Waals surface area contributed by atoms with E-state index in [0.29, 0.717) is 6.61 Å². The van der Waals surface area contributed by atoms with Gasteiger partial charge in [0.05, 0.1) is 45.6 Å². The van der Waals surface area contributed by atoms with Gasteiger partial charge < -0.3 is 9.22 Å². The lowest BCUT2D eigenvalue weighted by molar-refractivity contribution is -0.889. The van der Waals surface area contributed by atoms with Gasteiger partial charge in [-0.05, 0) is 17.8 Å². The number of quaternary nitrogens is 1. The van der Waals surface area contributed by atoms with Crippen LogP contribution in [-0.2, 0) is 11.3 Å². The third kappa shape index (κ3) is 6.62. The van der Waals surface area contributed by atoms with Crippen molar-refractivity contribution in [3.8, 4) is 0 Å². The van der Waals surface area contributed by atoms with Gasteiger partial charge in [0.25, 0.3) is 0 Å². The molecule has 0 saturated heterocycles. The molecule has 0 N–H and O–H groups in total. The summed E-state index contributed by atoms with van der Waals surface area (Å²) in [5.41, 5.74) is 1.22. The van der Waals surface area contributed by atoms with Crippen molar-refractivity contribution in [2.75, 3.05) is 40.3 Å². The van der Waals surface area contributed by atoms with Gasteiger partial charge in [0.15, 0.2) is 0 Å². The Morgan fingerprint density at radius 2 is 1.94 bits per heavy atom. The van der Waals surface area contributed by atoms with E-state index >= 15 is 0 Å². The van der Waals surface area contributed by atoms with E-state index in [9.17, 15) is 0 Å². The SMILES string of the molecule is C[N+](C)(CCN=C=S)CCOCc1ccccc1. The van der Waals surface area contributed by atoms with Gasteiger partial charge in [-0.2, -0.15) is 0 Å². The monoisotopic (exact) mass is 265 g/mol. The molecule has 0 spiro atoms. The van der Waals surface area contributed by atoms with Crippen LogP contribution >= 0.6 is 12.2 Å². The first kappa shape index (κ1) is 15.0. The van der Waals surface area contributed by atoms with Crippen LogP contribution in [0.5, 0.6) is 0 Å². The highest BCUT2D eigenvalue weighted by Gasteiger charge is 2.13. The average molecular weight is 265 g/mol. The Morgan fingerprint density at radius 1 is 1.22 bits per heavy atom. The van der Waals surface area contributed by atoms with Crippen LogP contribution < -0.4 is 0 Å². The quantitative estimate of drug-likeness (QED) is 0.311. The molecule has 0 aromatic heterocycles. The van der Waals surface area contributed by atoms with Gasteiger partial charge in [-0.25, -0.2) is 4.99 Å². The molecule has 3 nitrogen and oxygen atoms in total. The predicted molar refractivity (Wildman–Crippen MR) is 77.8 cm³/mol. The molecule has 18 heavy (non-hydrogen) atoms. The van der Waals surface area contributed by atoms with Crippen molar-refractivity contribution in [3.05, 3.63) is 35.9 Å². The Kier molecular flexibility index (Phi) is 6.76. The molecule has 0 saturated carbocycles. The van der Waals surface area contributed by atoms with Crippen LogP contribution in [0.25, 0.3) is 0 Å². The Hall–Kier alpha value is -1.06. The number of rotatable bonds is 8. The molecule has 0 radical (unpaired) electrons. The number of hydrogen-bond donors (Lipinski definition) is 0. The van der Waals surface area contributed by atoms with Crippen molar-refractivity contribution in [1.82, 2.24) is 0 Å². The number of isothiocyanates is 1. The minimum atomic E-state index is 0.679. The van der Waals surface area contributed by atoms with Crippen molar-refractivity contribution in [2.45, 2.75) is 6.61 Å². The molecule has 1 aromatic carbocycles. The van der Waals surface area contributed by atoms with Crippen molar-refractivity contribution in [3.63, 3.8) is 0 Å². The summed E-state index contributed by atoms with van der Waals surface area (Å²) < 4.78 is 6.56. The maximum atomic E-state index is 5.68. The summed E-state index contributed by atoms with van der Waals surface area (Å²) in [6, 6.07) is 10.2. The van der Waals surface area contributed by atoms with Crippen LogP contribution in [-0.4, -0.2) is 50.0 Å². The zero-order valence-corrected chi connectivity index (χ0v) is 11.9. The molecule has 1 rings (SSSR count). The third-order valence-electron chi connectivity index (χ3n) is 2.83. The zero-order chi connectivity index (χ0) is 13.3. The van der Waals surface area contributed by atoms with Crippen LogP contribution in [0.4, 0.5) is 0 Å². The fourth-order valence-electron chi connectivity index (χ4n) is 1.55. The van der Waals surface area contributed by atoms with E-state index < -0.39 is 0 Å². The molecular weight excluding hydrogens is 244 g/mol. The summed E-state index contributed by atoms with van der Waals surface area (Å²) in [7, 11) is 4.34. The molecule has 0 fully saturated rings. The van der Waals surface area contributed by atoms with Gasteiger partial charge in [0.2, 0.25) is 0 Å². The number of hydrogen-bond acceptors (Lipinski definition) is 3. The maximum absolute atomic E-state index is 5.68. The minimum absolute atomic E-state index is 0.679. The first-order chi connectivity index (χ1) is 8.64. The number of nitrogens with zero attached hydrogens (tertiary/aromatic N) is 2. The van der Waals surface area contributed by atoms with E-state index in [-0.39, 0.29) is 0 Å². The molecular formula is C14H21N2OS+. The van der Waals surface area contributed by atoms with Gasteiger partial charge in [0.1, 0.15) is 6.54 Å². The van der Waals surface area contributed by atoms with E-state index in [1.165, 1.54) is 5.56 Å². The number of ether oxygens (including phenoxy) is 1. The second-order valence-corrected chi connectivity index (χ2v) is 5.08. The summed E-state index contributed by atoms with van der Waals surface area (Å²) in [4.78, 5) is 3.94. The standard InChI is InChI=1S/C14H21N2OS/c1-16(2,9-8-15-13-18)10-11-17-12-14-6-4-3-5-7-14/h3-7H,8-12H2,1-2H3/q+1. The lowest BCUT2D eigenvalue weighted by atomic mass is 10.2. The molecule has 0 amide bonds. The van der Waals surface area contributed by atoms with Gasteiger partial charge in [0, 0.05) is 0 Å². The van der Waals surface area contributed by atoms with E-state index in [0.717, 1.165) is 30.7 Å². The Labute approximate surface area is 115 Å². The summed E-state index contributed by atoms with van der Waals surface area (Å²) in [5, 5.41) is 2.40. The van der Waals surface area contributed by atoms with E-state index in [4.69, 9.17) is 4.74 Å². The smallest absolute Gasteiger partial charge is 0.102 e. The zero-order valence-electron chi connectivity index (χ0n) is 11.1. The number of thiocarbonyl (C=S) groups is 1. The third-order valence-corrected chi connectivity index (χ3v) is 2.96. The molecule has 1 aromatic rings. The molecule has 0 bridgehead atoms. The van der Waals surface area contributed by atoms with Crippen LogP contribution in [0.15, 0.2) is 35.3 Å². The largest absolute Gasteiger partial charge is 0.371 e. The number of likely N-dealkylation sites (N-methyl/N-ethyl adjacent to an activating group) is 1. The molecule has 0 aliphatic rings. The van der Waals surface area contributed by atoms with Crippen molar-refractivity contribution in [1.29, 1.82) is 0 Å². The first-order valence-corrected chi connectivity index (χ1v) is 6.52. The molecule has 0 heterocycles. The molecule has 0 atom stereocenters. The number of benzene rings is 1. The van der Waals surface area contributed by atoms with Crippen molar-refractivity contribution < 1.29 is 9.22 Å². The van der Waals surface area contributed by atoms with Gasteiger partial charge in [-0.15, -0.1) is 0 Å². The summed E-state index contributed by atoms with van der Waals surface area (Å²) in [6.07, 6.45) is 0. The maximum Gasteiger partial charge on any atom is 0.102 e. The lowest BCUT2D eigenvalue weighted by Gasteiger charge is -2.28. The Balaban J connectivity index is 2.18. The highest BCUT2D eigenvalue weighted by Crippen LogP contribution is 2.02. The Bertz CT molecular complexity index is 386. The fraction of sp³-hybridized carbons (Fsp3) is 0.500. The van der Waals surface area contributed by atoms with Crippen molar-refractivity contribution in [2.24, 2.45) is 4.99 Å². The molecule has 98 valence electrons. The molecule has 0 aliphatic heterocycles. The first-order valence-electron chi connectivity index (χ1n) is 6.11. The highest BCUT2D eigenvalue weighted by molar-refractivity contribution is 7.78.